The molecule has 0 aromatic rings. The fraction of sp³-hybridized carbons (Fsp3) is 0.769. The quantitative estimate of drug-likeness (QED) is 0.362. The highest BCUT2D eigenvalue weighted by Gasteiger charge is 2.29. The van der Waals surface area contributed by atoms with E-state index in [2.05, 4.69) is 5.32 Å². The molecule has 0 spiro atoms. The van der Waals surface area contributed by atoms with Gasteiger partial charge in [0.1, 0.15) is 0 Å². The van der Waals surface area contributed by atoms with Crippen LogP contribution >= 0.6 is 0 Å². The summed E-state index contributed by atoms with van der Waals surface area (Å²) in [5, 5.41) is 11.3. The SMILES string of the molecule is CCCCOC(=O)C(CNCCC#N)C(=O)OCC. The number of unbranched alkanes of at least 4 members (excludes halogenated alkanes) is 1. The van der Waals surface area contributed by atoms with E-state index in [1.165, 1.54) is 0 Å². The molecular weight excluding hydrogens is 248 g/mol. The second-order valence-corrected chi connectivity index (χ2v) is 3.94. The van der Waals surface area contributed by atoms with Crippen molar-refractivity contribution in [1.29, 1.82) is 5.26 Å². The van der Waals surface area contributed by atoms with Crippen molar-refractivity contribution in [3.8, 4) is 6.07 Å². The highest BCUT2D eigenvalue weighted by molar-refractivity contribution is 5.95. The number of carbonyl (C=O) groups is 2. The monoisotopic (exact) mass is 270 g/mol. The molecule has 0 saturated carbocycles. The molecule has 108 valence electrons. The molecule has 1 N–H and O–H groups in total. The first-order valence-electron chi connectivity index (χ1n) is 6.58. The maximum absolute atomic E-state index is 11.8. The lowest BCUT2D eigenvalue weighted by atomic mass is 10.1. The van der Waals surface area contributed by atoms with Crippen molar-refractivity contribution in [1.82, 2.24) is 5.32 Å². The summed E-state index contributed by atoms with van der Waals surface area (Å²) in [6, 6.07) is 1.97. The molecule has 0 aliphatic carbocycles. The van der Waals surface area contributed by atoms with Crippen molar-refractivity contribution in [2.24, 2.45) is 5.92 Å². The minimum Gasteiger partial charge on any atom is -0.465 e. The highest BCUT2D eigenvalue weighted by atomic mass is 16.6. The van der Waals surface area contributed by atoms with Gasteiger partial charge in [0.05, 0.1) is 19.3 Å². The van der Waals surface area contributed by atoms with E-state index in [9.17, 15) is 9.59 Å². The molecule has 0 radical (unpaired) electrons. The van der Waals surface area contributed by atoms with Gasteiger partial charge in [-0.25, -0.2) is 0 Å². The summed E-state index contributed by atoms with van der Waals surface area (Å²) in [5.74, 6) is -2.12. The van der Waals surface area contributed by atoms with E-state index in [0.717, 1.165) is 12.8 Å². The largest absolute Gasteiger partial charge is 0.465 e. The molecule has 0 aliphatic heterocycles. The Hall–Kier alpha value is -1.61. The molecule has 0 fully saturated rings. The number of esters is 2. The first kappa shape index (κ1) is 17.4. The molecule has 6 heteroatoms. The number of hydrogen-bond acceptors (Lipinski definition) is 6. The Morgan fingerprint density at radius 1 is 1.26 bits per heavy atom. The van der Waals surface area contributed by atoms with Crippen LogP contribution in [0.3, 0.4) is 0 Å². The molecule has 0 amide bonds. The Kier molecular flexibility index (Phi) is 10.5. The summed E-state index contributed by atoms with van der Waals surface area (Å²) in [6.45, 7) is 4.75. The van der Waals surface area contributed by atoms with E-state index >= 15 is 0 Å². The first-order valence-corrected chi connectivity index (χ1v) is 6.58. The normalized spacial score (nSPS) is 11.4. The van der Waals surface area contributed by atoms with Gasteiger partial charge in [-0.15, -0.1) is 0 Å². The minimum atomic E-state index is -0.963. The number of nitriles is 1. The first-order chi connectivity index (χ1) is 9.17. The molecule has 0 aromatic carbocycles. The molecule has 1 unspecified atom stereocenters. The van der Waals surface area contributed by atoms with Crippen molar-refractivity contribution in [2.75, 3.05) is 26.3 Å². The summed E-state index contributed by atoms with van der Waals surface area (Å²) in [4.78, 5) is 23.4. The average molecular weight is 270 g/mol. The van der Waals surface area contributed by atoms with E-state index in [1.54, 1.807) is 6.92 Å². The van der Waals surface area contributed by atoms with Gasteiger partial charge in [0.25, 0.3) is 0 Å². The van der Waals surface area contributed by atoms with Crippen molar-refractivity contribution in [3.05, 3.63) is 0 Å². The van der Waals surface area contributed by atoms with Crippen LogP contribution in [0.4, 0.5) is 0 Å². The van der Waals surface area contributed by atoms with Crippen LogP contribution in [0.2, 0.25) is 0 Å². The van der Waals surface area contributed by atoms with Gasteiger partial charge in [0, 0.05) is 19.5 Å². The predicted octanol–water partition coefficient (Wildman–Crippen LogP) is 1.01. The molecule has 0 rings (SSSR count). The van der Waals surface area contributed by atoms with Crippen LogP contribution in [0.1, 0.15) is 33.1 Å². The van der Waals surface area contributed by atoms with Gasteiger partial charge in [-0.05, 0) is 13.3 Å². The number of hydrogen-bond donors (Lipinski definition) is 1. The third-order valence-corrected chi connectivity index (χ3v) is 2.36. The zero-order chi connectivity index (χ0) is 14.5. The number of rotatable bonds is 10. The standard InChI is InChI=1S/C13H22N2O4/c1-3-5-9-19-13(17)11(12(16)18-4-2)10-15-8-6-7-14/h11,15H,3-6,8-10H2,1-2H3. The van der Waals surface area contributed by atoms with Crippen LogP contribution in [-0.4, -0.2) is 38.2 Å². The second kappa shape index (κ2) is 11.5. The Morgan fingerprint density at radius 2 is 1.95 bits per heavy atom. The number of nitrogens with zero attached hydrogens (tertiary/aromatic N) is 1. The maximum atomic E-state index is 11.8. The van der Waals surface area contributed by atoms with Crippen LogP contribution in [-0.2, 0) is 19.1 Å². The lowest BCUT2D eigenvalue weighted by Crippen LogP contribution is -2.37. The van der Waals surface area contributed by atoms with Crippen LogP contribution in [0.5, 0.6) is 0 Å². The van der Waals surface area contributed by atoms with E-state index in [-0.39, 0.29) is 13.2 Å². The second-order valence-electron chi connectivity index (χ2n) is 3.94. The summed E-state index contributed by atoms with van der Waals surface area (Å²) in [6.07, 6.45) is 2.00. The zero-order valence-electron chi connectivity index (χ0n) is 11.6. The van der Waals surface area contributed by atoms with Crippen molar-refractivity contribution in [3.63, 3.8) is 0 Å². The minimum absolute atomic E-state index is 0.130. The molecule has 0 aromatic heterocycles. The summed E-state index contributed by atoms with van der Waals surface area (Å²) < 4.78 is 9.87. The van der Waals surface area contributed by atoms with Crippen LogP contribution in [0.15, 0.2) is 0 Å². The molecule has 6 nitrogen and oxygen atoms in total. The fourth-order valence-electron chi connectivity index (χ4n) is 1.31. The molecule has 1 atom stereocenters. The number of nitrogens with one attached hydrogen (secondary N) is 1. The highest BCUT2D eigenvalue weighted by Crippen LogP contribution is 2.04. The number of ether oxygens (including phenoxy) is 2. The third kappa shape index (κ3) is 8.16. The number of carbonyl (C=O) groups excluding carboxylic acids is 2. The van der Waals surface area contributed by atoms with Crippen LogP contribution < -0.4 is 5.32 Å². The molecule has 0 saturated heterocycles. The molecule has 19 heavy (non-hydrogen) atoms. The molecule has 0 aliphatic rings. The van der Waals surface area contributed by atoms with E-state index in [1.807, 2.05) is 13.0 Å². The van der Waals surface area contributed by atoms with Gasteiger partial charge < -0.3 is 14.8 Å². The third-order valence-electron chi connectivity index (χ3n) is 2.36. The smallest absolute Gasteiger partial charge is 0.321 e. The Bertz CT molecular complexity index is 312. The summed E-state index contributed by atoms with van der Waals surface area (Å²) >= 11 is 0. The van der Waals surface area contributed by atoms with Gasteiger partial charge in [-0.1, -0.05) is 13.3 Å². The van der Waals surface area contributed by atoms with E-state index in [0.29, 0.717) is 19.6 Å². The lowest BCUT2D eigenvalue weighted by molar-refractivity contribution is -0.161. The van der Waals surface area contributed by atoms with Gasteiger partial charge in [0.2, 0.25) is 0 Å². The van der Waals surface area contributed by atoms with Gasteiger partial charge in [0.15, 0.2) is 5.92 Å². The van der Waals surface area contributed by atoms with Crippen LogP contribution in [0, 0.1) is 17.2 Å². The van der Waals surface area contributed by atoms with Crippen molar-refractivity contribution in [2.45, 2.75) is 33.1 Å². The summed E-state index contributed by atoms with van der Waals surface area (Å²) in [7, 11) is 0. The Balaban J connectivity index is 4.27. The van der Waals surface area contributed by atoms with Crippen molar-refractivity contribution < 1.29 is 19.1 Å². The van der Waals surface area contributed by atoms with Gasteiger partial charge in [-0.3, -0.25) is 9.59 Å². The molecular formula is C13H22N2O4. The Labute approximate surface area is 114 Å². The zero-order valence-corrected chi connectivity index (χ0v) is 11.6. The predicted molar refractivity (Wildman–Crippen MR) is 69.1 cm³/mol. The summed E-state index contributed by atoms with van der Waals surface area (Å²) in [5.41, 5.74) is 0. The maximum Gasteiger partial charge on any atom is 0.321 e. The molecule has 0 heterocycles. The topological polar surface area (TPSA) is 88.4 Å². The average Bonchev–Trinajstić information content (AvgIpc) is 2.39. The van der Waals surface area contributed by atoms with Crippen molar-refractivity contribution >= 4 is 11.9 Å². The van der Waals surface area contributed by atoms with Gasteiger partial charge in [-0.2, -0.15) is 5.26 Å². The van der Waals surface area contributed by atoms with E-state index in [4.69, 9.17) is 14.7 Å². The van der Waals surface area contributed by atoms with E-state index < -0.39 is 17.9 Å². The lowest BCUT2D eigenvalue weighted by Gasteiger charge is -2.15. The molecule has 0 bridgehead atoms. The van der Waals surface area contributed by atoms with Crippen LogP contribution in [0.25, 0.3) is 0 Å². The van der Waals surface area contributed by atoms with Gasteiger partial charge >= 0.3 is 11.9 Å². The Morgan fingerprint density at radius 3 is 2.53 bits per heavy atom. The fourth-order valence-corrected chi connectivity index (χ4v) is 1.31.